The van der Waals surface area contributed by atoms with Gasteiger partial charge in [0.2, 0.25) is 0 Å². The van der Waals surface area contributed by atoms with Crippen LogP contribution in [0.2, 0.25) is 0 Å². The predicted octanol–water partition coefficient (Wildman–Crippen LogP) is 1.66. The average molecular weight is 175 g/mol. The molecule has 0 bridgehead atoms. The van der Waals surface area contributed by atoms with E-state index in [1.807, 2.05) is 6.08 Å². The second kappa shape index (κ2) is 4.29. The number of halogens is 1. The lowest BCUT2D eigenvalue weighted by Crippen LogP contribution is -2.33. The van der Waals surface area contributed by atoms with Crippen molar-refractivity contribution in [1.82, 2.24) is 9.80 Å². The Kier molecular flexibility index (Phi) is 4.04. The largest absolute Gasteiger partial charge is 0.359 e. The molecule has 0 saturated carbocycles. The maximum absolute atomic E-state index is 3.71. The molecule has 0 atom stereocenters. The highest BCUT2D eigenvalue weighted by molar-refractivity contribution is 5.85. The minimum atomic E-state index is 0. The molecule has 1 aliphatic heterocycles. The van der Waals surface area contributed by atoms with Gasteiger partial charge in [0.15, 0.2) is 0 Å². The Morgan fingerprint density at radius 2 is 1.82 bits per heavy atom. The second-order valence-corrected chi connectivity index (χ2v) is 2.63. The molecule has 1 aliphatic rings. The minimum Gasteiger partial charge on any atom is -0.359 e. The van der Waals surface area contributed by atoms with Crippen molar-refractivity contribution in [3.05, 3.63) is 25.1 Å². The van der Waals surface area contributed by atoms with Crippen LogP contribution >= 0.6 is 12.4 Å². The number of hydrogen-bond donors (Lipinski definition) is 0. The highest BCUT2D eigenvalue weighted by atomic mass is 35.5. The molecule has 0 N–H and O–H groups in total. The topological polar surface area (TPSA) is 6.48 Å². The van der Waals surface area contributed by atoms with E-state index in [0.29, 0.717) is 6.17 Å². The zero-order chi connectivity index (χ0) is 7.56. The first-order valence-corrected chi connectivity index (χ1v) is 3.49. The molecular weight excluding hydrogens is 160 g/mol. The van der Waals surface area contributed by atoms with Gasteiger partial charge in [0.1, 0.15) is 6.17 Å². The van der Waals surface area contributed by atoms with Crippen molar-refractivity contribution in [2.24, 2.45) is 0 Å². The maximum Gasteiger partial charge on any atom is 0.104 e. The Morgan fingerprint density at radius 3 is 2.18 bits per heavy atom. The summed E-state index contributed by atoms with van der Waals surface area (Å²) in [5.74, 6) is 0. The molecule has 0 aromatic heterocycles. The van der Waals surface area contributed by atoms with E-state index in [1.54, 1.807) is 0 Å². The smallest absolute Gasteiger partial charge is 0.104 e. The van der Waals surface area contributed by atoms with Gasteiger partial charge in [0, 0.05) is 32.9 Å². The maximum atomic E-state index is 3.71. The molecule has 0 amide bonds. The van der Waals surface area contributed by atoms with E-state index in [-0.39, 0.29) is 12.4 Å². The van der Waals surface area contributed by atoms with Crippen LogP contribution in [0.4, 0.5) is 0 Å². The van der Waals surface area contributed by atoms with Crippen LogP contribution in [0.1, 0.15) is 6.42 Å². The first kappa shape index (κ1) is 10.4. The Hall–Kier alpha value is -0.630. The molecule has 0 saturated heterocycles. The number of hydrogen-bond acceptors (Lipinski definition) is 2. The van der Waals surface area contributed by atoms with Crippen LogP contribution < -0.4 is 0 Å². The fraction of sp³-hybridized carbons (Fsp3) is 0.500. The van der Waals surface area contributed by atoms with Crippen molar-refractivity contribution < 1.29 is 0 Å². The van der Waals surface area contributed by atoms with Gasteiger partial charge in [0.25, 0.3) is 0 Å². The summed E-state index contributed by atoms with van der Waals surface area (Å²) in [4.78, 5) is 4.36. The lowest BCUT2D eigenvalue weighted by Gasteiger charge is -2.25. The van der Waals surface area contributed by atoms with Gasteiger partial charge in [-0.3, -0.25) is 0 Å². The summed E-state index contributed by atoms with van der Waals surface area (Å²) in [5.41, 5.74) is 0. The van der Waals surface area contributed by atoms with E-state index in [4.69, 9.17) is 0 Å². The van der Waals surface area contributed by atoms with Gasteiger partial charge in [-0.2, -0.15) is 0 Å². The highest BCUT2D eigenvalue weighted by Crippen LogP contribution is 2.14. The van der Waals surface area contributed by atoms with Gasteiger partial charge in [0.05, 0.1) is 0 Å². The van der Waals surface area contributed by atoms with Crippen LogP contribution in [0, 0.1) is 0 Å². The van der Waals surface area contributed by atoms with Crippen molar-refractivity contribution in [2.75, 3.05) is 14.1 Å². The molecule has 0 unspecified atom stereocenters. The van der Waals surface area contributed by atoms with E-state index in [9.17, 15) is 0 Å². The average Bonchev–Trinajstić information content (AvgIpc) is 2.20. The van der Waals surface area contributed by atoms with Gasteiger partial charge in [-0.25, -0.2) is 0 Å². The van der Waals surface area contributed by atoms with E-state index >= 15 is 0 Å². The second-order valence-electron chi connectivity index (χ2n) is 2.63. The summed E-state index contributed by atoms with van der Waals surface area (Å²) in [7, 11) is 4.16. The summed E-state index contributed by atoms with van der Waals surface area (Å²) >= 11 is 0. The van der Waals surface area contributed by atoms with Crippen molar-refractivity contribution in [3.63, 3.8) is 0 Å². The monoisotopic (exact) mass is 174 g/mol. The van der Waals surface area contributed by atoms with Crippen molar-refractivity contribution in [1.29, 1.82) is 0 Å². The summed E-state index contributed by atoms with van der Waals surface area (Å²) < 4.78 is 0. The van der Waals surface area contributed by atoms with Gasteiger partial charge in [-0.05, 0) is 0 Å². The summed E-state index contributed by atoms with van der Waals surface area (Å²) in [6, 6.07) is 0. The summed E-state index contributed by atoms with van der Waals surface area (Å²) in [5, 5.41) is 0. The zero-order valence-electron chi connectivity index (χ0n) is 7.03. The minimum absolute atomic E-state index is 0. The molecule has 11 heavy (non-hydrogen) atoms. The van der Waals surface area contributed by atoms with Crippen molar-refractivity contribution in [2.45, 2.75) is 12.6 Å². The highest BCUT2D eigenvalue weighted by Gasteiger charge is 2.17. The zero-order valence-corrected chi connectivity index (χ0v) is 7.84. The lowest BCUT2D eigenvalue weighted by molar-refractivity contribution is 0.208. The van der Waals surface area contributed by atoms with Crippen LogP contribution in [0.3, 0.4) is 0 Å². The molecule has 0 radical (unpaired) electrons. The molecule has 2 nitrogen and oxygen atoms in total. The quantitative estimate of drug-likeness (QED) is 0.588. The summed E-state index contributed by atoms with van der Waals surface area (Å²) in [6.45, 7) is 3.71. The Labute approximate surface area is 74.6 Å². The van der Waals surface area contributed by atoms with Gasteiger partial charge >= 0.3 is 0 Å². The first-order chi connectivity index (χ1) is 4.75. The molecule has 0 aromatic carbocycles. The van der Waals surface area contributed by atoms with E-state index < -0.39 is 0 Å². The fourth-order valence-corrected chi connectivity index (χ4v) is 1.18. The van der Waals surface area contributed by atoms with Crippen LogP contribution in [-0.2, 0) is 0 Å². The molecular formula is C8H15ClN2. The molecule has 0 spiro atoms. The summed E-state index contributed by atoms with van der Waals surface area (Å²) in [6.07, 6.45) is 7.60. The SMILES string of the molecule is C=CCC1N(C)C=CN1C.Cl. The molecule has 1 heterocycles. The normalized spacial score (nSPS) is 16.9. The van der Waals surface area contributed by atoms with Gasteiger partial charge < -0.3 is 9.80 Å². The number of nitrogens with zero attached hydrogens (tertiary/aromatic N) is 2. The molecule has 0 fully saturated rings. The van der Waals surface area contributed by atoms with Gasteiger partial charge in [-0.15, -0.1) is 19.0 Å². The first-order valence-electron chi connectivity index (χ1n) is 3.49. The standard InChI is InChI=1S/C8H14N2.ClH/c1-4-5-8-9(2)6-7-10(8)3;/h4,6-8H,1,5H2,2-3H3;1H. The van der Waals surface area contributed by atoms with Crippen LogP contribution in [-0.4, -0.2) is 30.1 Å². The molecule has 64 valence electrons. The van der Waals surface area contributed by atoms with E-state index in [0.717, 1.165) is 6.42 Å². The Morgan fingerprint density at radius 1 is 1.36 bits per heavy atom. The third-order valence-electron chi connectivity index (χ3n) is 1.85. The molecule has 0 aliphatic carbocycles. The van der Waals surface area contributed by atoms with E-state index in [2.05, 4.69) is 42.9 Å². The Bertz CT molecular complexity index is 144. The lowest BCUT2D eigenvalue weighted by atomic mass is 10.3. The molecule has 1 rings (SSSR count). The van der Waals surface area contributed by atoms with Crippen molar-refractivity contribution in [3.8, 4) is 0 Å². The van der Waals surface area contributed by atoms with Crippen LogP contribution in [0.5, 0.6) is 0 Å². The predicted molar refractivity (Wildman–Crippen MR) is 50.5 cm³/mol. The van der Waals surface area contributed by atoms with Crippen LogP contribution in [0.15, 0.2) is 25.1 Å². The number of rotatable bonds is 2. The van der Waals surface area contributed by atoms with E-state index in [1.165, 1.54) is 0 Å². The third-order valence-corrected chi connectivity index (χ3v) is 1.85. The Balaban J connectivity index is 0.000001000. The molecule has 0 aromatic rings. The van der Waals surface area contributed by atoms with Gasteiger partial charge in [-0.1, -0.05) is 6.08 Å². The molecule has 3 heteroatoms. The third kappa shape index (κ3) is 2.15. The van der Waals surface area contributed by atoms with Crippen molar-refractivity contribution >= 4 is 12.4 Å². The fourth-order valence-electron chi connectivity index (χ4n) is 1.18. The van der Waals surface area contributed by atoms with Crippen LogP contribution in [0.25, 0.3) is 0 Å².